The highest BCUT2D eigenvalue weighted by atomic mass is 32.2. The molecule has 0 saturated carbocycles. The lowest BCUT2D eigenvalue weighted by molar-refractivity contribution is 0.0994. The molecule has 1 aliphatic rings. The molecule has 80 valence electrons. The van der Waals surface area contributed by atoms with Crippen LogP contribution in [0.25, 0.3) is 0 Å². The lowest BCUT2D eigenvalue weighted by Gasteiger charge is -2.16. The summed E-state index contributed by atoms with van der Waals surface area (Å²) in [6.07, 6.45) is 0. The van der Waals surface area contributed by atoms with Crippen LogP contribution in [-0.2, 0) is 0 Å². The van der Waals surface area contributed by atoms with Crippen molar-refractivity contribution < 1.29 is 9.53 Å². The predicted octanol–water partition coefficient (Wildman–Crippen LogP) is 2.05. The molecule has 15 heavy (non-hydrogen) atoms. The highest BCUT2D eigenvalue weighted by Gasteiger charge is 2.33. The lowest BCUT2D eigenvalue weighted by atomic mass is 10.1. The summed E-state index contributed by atoms with van der Waals surface area (Å²) in [5.41, 5.74) is 5.94. The lowest BCUT2D eigenvalue weighted by Crippen LogP contribution is -2.20. The van der Waals surface area contributed by atoms with Gasteiger partial charge in [-0.3, -0.25) is 4.79 Å². The zero-order chi connectivity index (χ0) is 11.1. The molecule has 0 saturated heterocycles. The molecule has 1 heterocycles. The Morgan fingerprint density at radius 3 is 2.93 bits per heavy atom. The SMILES string of the molecule is CC1(C)Oc2c(cccc2C(=O)CN)S1. The van der Waals surface area contributed by atoms with Crippen molar-refractivity contribution in [2.24, 2.45) is 5.73 Å². The Kier molecular flexibility index (Phi) is 2.48. The molecule has 2 rings (SSSR count). The molecule has 0 aliphatic carbocycles. The molecule has 2 N–H and O–H groups in total. The minimum Gasteiger partial charge on any atom is -0.475 e. The minimum atomic E-state index is -0.298. The van der Waals surface area contributed by atoms with E-state index in [-0.39, 0.29) is 17.3 Å². The molecule has 0 radical (unpaired) electrons. The normalized spacial score (nSPS) is 17.0. The van der Waals surface area contributed by atoms with E-state index in [1.54, 1.807) is 17.8 Å². The van der Waals surface area contributed by atoms with Gasteiger partial charge in [0.05, 0.1) is 17.0 Å². The van der Waals surface area contributed by atoms with Crippen molar-refractivity contribution in [3.05, 3.63) is 23.8 Å². The third-order valence-electron chi connectivity index (χ3n) is 2.17. The largest absolute Gasteiger partial charge is 0.475 e. The summed E-state index contributed by atoms with van der Waals surface area (Å²) in [5, 5.41) is 0. The number of fused-ring (bicyclic) bond motifs is 1. The predicted molar refractivity (Wildman–Crippen MR) is 60.4 cm³/mol. The molecule has 0 bridgehead atoms. The average Bonchev–Trinajstić information content (AvgIpc) is 2.49. The molecule has 0 amide bonds. The maximum atomic E-state index is 11.6. The number of thioether (sulfide) groups is 1. The van der Waals surface area contributed by atoms with E-state index in [1.807, 2.05) is 26.0 Å². The van der Waals surface area contributed by atoms with Gasteiger partial charge in [-0.2, -0.15) is 0 Å². The van der Waals surface area contributed by atoms with Gasteiger partial charge in [0.2, 0.25) is 0 Å². The third-order valence-corrected chi connectivity index (χ3v) is 3.28. The van der Waals surface area contributed by atoms with Gasteiger partial charge in [-0.1, -0.05) is 17.8 Å². The topological polar surface area (TPSA) is 52.3 Å². The standard InChI is InChI=1S/C11H13NO2S/c1-11(2)14-10-7(8(13)6-12)4-3-5-9(10)15-11/h3-5H,6,12H2,1-2H3. The van der Waals surface area contributed by atoms with Crippen LogP contribution in [0.1, 0.15) is 24.2 Å². The van der Waals surface area contributed by atoms with Gasteiger partial charge in [0.25, 0.3) is 0 Å². The van der Waals surface area contributed by atoms with E-state index in [0.29, 0.717) is 11.3 Å². The first-order valence-electron chi connectivity index (χ1n) is 4.78. The molecule has 1 aliphatic heterocycles. The highest BCUT2D eigenvalue weighted by Crippen LogP contribution is 2.48. The summed E-state index contributed by atoms with van der Waals surface area (Å²) >= 11 is 1.62. The molecule has 0 aromatic heterocycles. The Labute approximate surface area is 93.0 Å². The fourth-order valence-corrected chi connectivity index (χ4v) is 2.61. The van der Waals surface area contributed by atoms with E-state index in [4.69, 9.17) is 10.5 Å². The fourth-order valence-electron chi connectivity index (χ4n) is 1.56. The van der Waals surface area contributed by atoms with Crippen LogP contribution in [0.5, 0.6) is 5.75 Å². The molecule has 1 aromatic rings. The van der Waals surface area contributed by atoms with Gasteiger partial charge < -0.3 is 10.5 Å². The van der Waals surface area contributed by atoms with Crippen molar-refractivity contribution in [3.8, 4) is 5.75 Å². The first kappa shape index (κ1) is 10.5. The van der Waals surface area contributed by atoms with Gasteiger partial charge in [-0.15, -0.1) is 0 Å². The number of Topliss-reactive ketones (excluding diaryl/α,β-unsaturated/α-hetero) is 1. The highest BCUT2D eigenvalue weighted by molar-refractivity contribution is 8.00. The average molecular weight is 223 g/mol. The van der Waals surface area contributed by atoms with Crippen LogP contribution in [-0.4, -0.2) is 17.3 Å². The second-order valence-electron chi connectivity index (χ2n) is 3.86. The van der Waals surface area contributed by atoms with Crippen molar-refractivity contribution in [3.63, 3.8) is 0 Å². The van der Waals surface area contributed by atoms with Gasteiger partial charge in [-0.05, 0) is 26.0 Å². The van der Waals surface area contributed by atoms with E-state index >= 15 is 0 Å². The van der Waals surface area contributed by atoms with E-state index < -0.39 is 0 Å². The maximum Gasteiger partial charge on any atom is 0.180 e. The Hall–Kier alpha value is -1.00. The van der Waals surface area contributed by atoms with Crippen molar-refractivity contribution in [2.45, 2.75) is 23.7 Å². The maximum absolute atomic E-state index is 11.6. The van der Waals surface area contributed by atoms with Crippen molar-refractivity contribution >= 4 is 17.5 Å². The number of hydrogen-bond donors (Lipinski definition) is 1. The molecule has 3 nitrogen and oxygen atoms in total. The molecule has 4 heteroatoms. The van der Waals surface area contributed by atoms with Gasteiger partial charge in [-0.25, -0.2) is 0 Å². The first-order valence-corrected chi connectivity index (χ1v) is 5.59. The Morgan fingerprint density at radius 1 is 1.53 bits per heavy atom. The Morgan fingerprint density at radius 2 is 2.27 bits per heavy atom. The minimum absolute atomic E-state index is 0.0188. The monoisotopic (exact) mass is 223 g/mol. The van der Waals surface area contributed by atoms with Gasteiger partial charge in [0, 0.05) is 0 Å². The third kappa shape index (κ3) is 1.87. The molecule has 0 atom stereocenters. The Bertz CT molecular complexity index is 415. The van der Waals surface area contributed by atoms with Crippen LogP contribution in [0.3, 0.4) is 0 Å². The van der Waals surface area contributed by atoms with Gasteiger partial charge >= 0.3 is 0 Å². The summed E-state index contributed by atoms with van der Waals surface area (Å²) in [6, 6.07) is 5.58. The van der Waals surface area contributed by atoms with E-state index in [0.717, 1.165) is 4.90 Å². The summed E-state index contributed by atoms with van der Waals surface area (Å²) in [4.78, 5) is 12.3. The van der Waals surface area contributed by atoms with Gasteiger partial charge in [0.1, 0.15) is 5.75 Å². The van der Waals surface area contributed by atoms with Crippen molar-refractivity contribution in [1.29, 1.82) is 0 Å². The second-order valence-corrected chi connectivity index (χ2v) is 5.49. The van der Waals surface area contributed by atoms with E-state index in [2.05, 4.69) is 0 Å². The van der Waals surface area contributed by atoms with E-state index in [1.165, 1.54) is 0 Å². The van der Waals surface area contributed by atoms with Crippen LogP contribution in [0.2, 0.25) is 0 Å². The first-order chi connectivity index (χ1) is 7.03. The number of carbonyl (C=O) groups is 1. The van der Waals surface area contributed by atoms with Crippen LogP contribution in [0, 0.1) is 0 Å². The van der Waals surface area contributed by atoms with Crippen LogP contribution in [0.4, 0.5) is 0 Å². The number of carbonyl (C=O) groups excluding carboxylic acids is 1. The number of ketones is 1. The van der Waals surface area contributed by atoms with Crippen molar-refractivity contribution in [1.82, 2.24) is 0 Å². The molecule has 1 aromatic carbocycles. The number of para-hydroxylation sites is 1. The van der Waals surface area contributed by atoms with Crippen LogP contribution in [0.15, 0.2) is 23.1 Å². The summed E-state index contributed by atoms with van der Waals surface area (Å²) < 4.78 is 5.73. The van der Waals surface area contributed by atoms with Gasteiger partial charge in [0.15, 0.2) is 10.7 Å². The zero-order valence-electron chi connectivity index (χ0n) is 8.74. The fraction of sp³-hybridized carbons (Fsp3) is 0.364. The zero-order valence-corrected chi connectivity index (χ0v) is 9.56. The molecule has 0 spiro atoms. The number of nitrogens with two attached hydrogens (primary N) is 1. The molecule has 0 unspecified atom stereocenters. The summed E-state index contributed by atoms with van der Waals surface area (Å²) in [5.74, 6) is 0.605. The molecular formula is C11H13NO2S. The summed E-state index contributed by atoms with van der Waals surface area (Å²) in [6.45, 7) is 3.98. The molecular weight excluding hydrogens is 210 g/mol. The van der Waals surface area contributed by atoms with Crippen molar-refractivity contribution in [2.75, 3.05) is 6.54 Å². The quantitative estimate of drug-likeness (QED) is 0.780. The summed E-state index contributed by atoms with van der Waals surface area (Å²) in [7, 11) is 0. The smallest absolute Gasteiger partial charge is 0.180 e. The number of ether oxygens (including phenoxy) is 1. The number of rotatable bonds is 2. The van der Waals surface area contributed by atoms with Crippen LogP contribution >= 0.6 is 11.8 Å². The molecule has 0 fully saturated rings. The number of benzene rings is 1. The van der Waals surface area contributed by atoms with E-state index in [9.17, 15) is 4.79 Å². The Balaban J connectivity index is 2.46. The second kappa shape index (κ2) is 3.54. The van der Waals surface area contributed by atoms with Crippen LogP contribution < -0.4 is 10.5 Å². The number of hydrogen-bond acceptors (Lipinski definition) is 4.